The number of thioether (sulfide) groups is 1. The summed E-state index contributed by atoms with van der Waals surface area (Å²) in [6.45, 7) is 1.01. The first kappa shape index (κ1) is 17.9. The van der Waals surface area contributed by atoms with Crippen LogP contribution in [0.1, 0.15) is 36.1 Å². The lowest BCUT2D eigenvalue weighted by molar-refractivity contribution is 0.477. The second kappa shape index (κ2) is 8.47. The van der Waals surface area contributed by atoms with Crippen LogP contribution in [0.25, 0.3) is 16.5 Å². The summed E-state index contributed by atoms with van der Waals surface area (Å²) in [6, 6.07) is 11.8. The molecule has 1 aliphatic heterocycles. The van der Waals surface area contributed by atoms with Gasteiger partial charge in [0, 0.05) is 39.5 Å². The molecule has 4 rings (SSSR count). The van der Waals surface area contributed by atoms with E-state index in [2.05, 4.69) is 64.5 Å². The number of fused-ring (bicyclic) bond motifs is 1. The van der Waals surface area contributed by atoms with E-state index in [0.717, 1.165) is 13.0 Å². The van der Waals surface area contributed by atoms with Crippen molar-refractivity contribution in [3.8, 4) is 0 Å². The second-order valence-electron chi connectivity index (χ2n) is 6.99. The zero-order valence-corrected chi connectivity index (χ0v) is 16.9. The molecular weight excluding hydrogens is 356 g/mol. The van der Waals surface area contributed by atoms with Gasteiger partial charge in [0.05, 0.1) is 0 Å². The van der Waals surface area contributed by atoms with E-state index in [1.54, 1.807) is 0 Å². The van der Waals surface area contributed by atoms with Crippen LogP contribution in [0.15, 0.2) is 52.9 Å². The molecule has 2 N–H and O–H groups in total. The zero-order valence-electron chi connectivity index (χ0n) is 15.3. The van der Waals surface area contributed by atoms with Gasteiger partial charge in [0.15, 0.2) is 0 Å². The van der Waals surface area contributed by atoms with Gasteiger partial charge in [-0.05, 0) is 72.7 Å². The van der Waals surface area contributed by atoms with Crippen LogP contribution >= 0.6 is 23.1 Å². The monoisotopic (exact) mass is 382 g/mol. The van der Waals surface area contributed by atoms with E-state index in [1.807, 2.05) is 23.1 Å². The number of nitrogens with one attached hydrogen (secondary N) is 2. The van der Waals surface area contributed by atoms with E-state index in [0.29, 0.717) is 6.04 Å². The maximum atomic E-state index is 3.67. The lowest BCUT2D eigenvalue weighted by Crippen LogP contribution is -2.32. The molecule has 3 heterocycles. The number of unbranched alkanes of at least 4 members (excludes halogenated alkanes) is 1. The summed E-state index contributed by atoms with van der Waals surface area (Å²) in [5, 5.41) is 7.24. The molecule has 0 amide bonds. The first-order valence-corrected chi connectivity index (χ1v) is 11.5. The van der Waals surface area contributed by atoms with E-state index in [1.165, 1.54) is 57.5 Å². The summed E-state index contributed by atoms with van der Waals surface area (Å²) in [5.41, 5.74) is 4.26. The highest BCUT2D eigenvalue weighted by Crippen LogP contribution is 2.28. The van der Waals surface area contributed by atoms with Crippen LogP contribution in [-0.4, -0.2) is 23.8 Å². The van der Waals surface area contributed by atoms with Gasteiger partial charge in [-0.1, -0.05) is 18.6 Å². The van der Waals surface area contributed by atoms with Crippen molar-refractivity contribution in [2.45, 2.75) is 43.0 Å². The second-order valence-corrected chi connectivity index (χ2v) is 8.81. The third-order valence-electron chi connectivity index (χ3n) is 5.28. The van der Waals surface area contributed by atoms with E-state index >= 15 is 0 Å². The third kappa shape index (κ3) is 4.08. The van der Waals surface area contributed by atoms with Crippen molar-refractivity contribution in [1.82, 2.24) is 10.3 Å². The van der Waals surface area contributed by atoms with Gasteiger partial charge in [0.2, 0.25) is 0 Å². The topological polar surface area (TPSA) is 27.8 Å². The Morgan fingerprint density at radius 1 is 1.23 bits per heavy atom. The SMILES string of the molecule is CSc1ccc2[nH]cc(CCCCC3CC(c4cccs4)=CCN3)c2c1. The van der Waals surface area contributed by atoms with Gasteiger partial charge in [0.1, 0.15) is 0 Å². The van der Waals surface area contributed by atoms with Crippen LogP contribution in [0, 0.1) is 0 Å². The average Bonchev–Trinajstić information content (AvgIpc) is 3.35. The summed E-state index contributed by atoms with van der Waals surface area (Å²) in [5.74, 6) is 0. The molecule has 0 aliphatic carbocycles. The van der Waals surface area contributed by atoms with Crippen LogP contribution < -0.4 is 5.32 Å². The van der Waals surface area contributed by atoms with E-state index in [9.17, 15) is 0 Å². The molecule has 2 aromatic heterocycles. The number of rotatable bonds is 7. The van der Waals surface area contributed by atoms with Crippen molar-refractivity contribution in [2.75, 3.05) is 12.8 Å². The first-order valence-electron chi connectivity index (χ1n) is 9.44. The minimum Gasteiger partial charge on any atom is -0.361 e. The summed E-state index contributed by atoms with van der Waals surface area (Å²) in [4.78, 5) is 6.21. The van der Waals surface area contributed by atoms with Gasteiger partial charge < -0.3 is 10.3 Å². The van der Waals surface area contributed by atoms with Crippen LogP contribution in [0.5, 0.6) is 0 Å². The van der Waals surface area contributed by atoms with Crippen LogP contribution in [0.2, 0.25) is 0 Å². The van der Waals surface area contributed by atoms with Crippen molar-refractivity contribution in [1.29, 1.82) is 0 Å². The molecule has 136 valence electrons. The Morgan fingerprint density at radius 2 is 2.19 bits per heavy atom. The number of thiophene rings is 1. The predicted molar refractivity (Wildman–Crippen MR) is 116 cm³/mol. The number of benzene rings is 1. The Kier molecular flexibility index (Phi) is 5.83. The quantitative estimate of drug-likeness (QED) is 0.381. The van der Waals surface area contributed by atoms with E-state index in [-0.39, 0.29) is 0 Å². The summed E-state index contributed by atoms with van der Waals surface area (Å²) in [7, 11) is 0. The van der Waals surface area contributed by atoms with Crippen LogP contribution in [-0.2, 0) is 6.42 Å². The summed E-state index contributed by atoms with van der Waals surface area (Å²) < 4.78 is 0. The molecule has 0 saturated heterocycles. The Balaban J connectivity index is 1.29. The lowest BCUT2D eigenvalue weighted by atomic mass is 9.95. The zero-order chi connectivity index (χ0) is 17.8. The number of aromatic amines is 1. The predicted octanol–water partition coefficient (Wildman–Crippen LogP) is 6.11. The number of hydrogen-bond donors (Lipinski definition) is 2. The Labute approximate surface area is 164 Å². The number of hydrogen-bond acceptors (Lipinski definition) is 3. The average molecular weight is 383 g/mol. The van der Waals surface area contributed by atoms with Crippen molar-refractivity contribution in [2.24, 2.45) is 0 Å². The van der Waals surface area contributed by atoms with Gasteiger partial charge in [-0.25, -0.2) is 0 Å². The number of aromatic nitrogens is 1. The molecule has 3 aromatic rings. The molecular formula is C22H26N2S2. The molecule has 1 unspecified atom stereocenters. The first-order chi connectivity index (χ1) is 12.8. The lowest BCUT2D eigenvalue weighted by Gasteiger charge is -2.24. The van der Waals surface area contributed by atoms with Gasteiger partial charge in [-0.3, -0.25) is 0 Å². The highest BCUT2D eigenvalue weighted by atomic mass is 32.2. The Morgan fingerprint density at radius 3 is 3.04 bits per heavy atom. The van der Waals surface area contributed by atoms with Crippen molar-refractivity contribution in [3.63, 3.8) is 0 Å². The highest BCUT2D eigenvalue weighted by molar-refractivity contribution is 7.98. The minimum atomic E-state index is 0.628. The molecule has 1 aromatic carbocycles. The molecule has 0 spiro atoms. The molecule has 1 atom stereocenters. The maximum absolute atomic E-state index is 3.67. The summed E-state index contributed by atoms with van der Waals surface area (Å²) >= 11 is 3.68. The largest absolute Gasteiger partial charge is 0.361 e. The molecule has 4 heteroatoms. The van der Waals surface area contributed by atoms with E-state index in [4.69, 9.17) is 0 Å². The molecule has 26 heavy (non-hydrogen) atoms. The van der Waals surface area contributed by atoms with Crippen LogP contribution in [0.3, 0.4) is 0 Å². The third-order valence-corrected chi connectivity index (χ3v) is 6.95. The molecule has 0 radical (unpaired) electrons. The smallest absolute Gasteiger partial charge is 0.0457 e. The van der Waals surface area contributed by atoms with Gasteiger partial charge in [-0.2, -0.15) is 0 Å². The fraction of sp³-hybridized carbons (Fsp3) is 0.364. The molecule has 2 nitrogen and oxygen atoms in total. The number of aryl methyl sites for hydroxylation is 1. The molecule has 1 aliphatic rings. The highest BCUT2D eigenvalue weighted by Gasteiger charge is 2.16. The Bertz CT molecular complexity index is 877. The minimum absolute atomic E-state index is 0.628. The van der Waals surface area contributed by atoms with Gasteiger partial charge >= 0.3 is 0 Å². The molecule has 0 fully saturated rings. The molecule has 0 bridgehead atoms. The molecule has 0 saturated carbocycles. The van der Waals surface area contributed by atoms with Gasteiger partial charge in [-0.15, -0.1) is 23.1 Å². The van der Waals surface area contributed by atoms with Crippen LogP contribution in [0.4, 0.5) is 0 Å². The van der Waals surface area contributed by atoms with Crippen molar-refractivity contribution >= 4 is 39.6 Å². The normalized spacial score (nSPS) is 17.6. The fourth-order valence-corrected chi connectivity index (χ4v) is 5.05. The maximum Gasteiger partial charge on any atom is 0.0457 e. The Hall–Kier alpha value is -1.49. The van der Waals surface area contributed by atoms with Crippen molar-refractivity contribution < 1.29 is 0 Å². The summed E-state index contributed by atoms with van der Waals surface area (Å²) in [6.07, 6.45) is 12.8. The fourth-order valence-electron chi connectivity index (χ4n) is 3.83. The van der Waals surface area contributed by atoms with E-state index < -0.39 is 0 Å². The standard InChI is InChI=1S/C22H26N2S2/c1-25-19-8-9-21-20(14-19)17(15-24-21)5-2-3-6-18-13-16(10-11-23-18)22-7-4-12-26-22/h4,7-10,12,14-15,18,23-24H,2-3,5-6,11,13H2,1H3. The van der Waals surface area contributed by atoms with Gasteiger partial charge in [0.25, 0.3) is 0 Å². The number of H-pyrrole nitrogens is 1. The van der Waals surface area contributed by atoms with Crippen molar-refractivity contribution in [3.05, 3.63) is 58.4 Å².